The number of methoxy groups -OCH3 is 1. The summed E-state index contributed by atoms with van der Waals surface area (Å²) in [7, 11) is 1.53. The molecule has 0 atom stereocenters. The first-order chi connectivity index (χ1) is 10.5. The predicted molar refractivity (Wildman–Crippen MR) is 91.4 cm³/mol. The lowest BCUT2D eigenvalue weighted by Crippen LogP contribution is -2.11. The normalized spacial score (nSPS) is 10.8. The monoisotopic (exact) mass is 357 g/mol. The number of carbonyl (C=O) groups excluding carboxylic acids is 1. The molecule has 0 fully saturated rings. The molecule has 0 saturated carbocycles. The number of hydrogen-bond donors (Lipinski definition) is 1. The van der Waals surface area contributed by atoms with E-state index in [0.717, 1.165) is 10.1 Å². The zero-order chi connectivity index (χ0) is 16.1. The summed E-state index contributed by atoms with van der Waals surface area (Å²) in [4.78, 5) is 12.2. The van der Waals surface area contributed by atoms with Crippen molar-refractivity contribution in [3.05, 3.63) is 28.8 Å². The van der Waals surface area contributed by atoms with Crippen molar-refractivity contribution in [2.24, 2.45) is 5.92 Å². The highest BCUT2D eigenvalue weighted by Crippen LogP contribution is 2.28. The third kappa shape index (κ3) is 4.59. The number of nitrogens with zero attached hydrogens (tertiary/aromatic N) is 2. The highest BCUT2D eigenvalue weighted by Gasteiger charge is 2.12. The van der Waals surface area contributed by atoms with Gasteiger partial charge in [0.15, 0.2) is 4.34 Å². The van der Waals surface area contributed by atoms with Crippen LogP contribution in [0.15, 0.2) is 22.5 Å². The van der Waals surface area contributed by atoms with Gasteiger partial charge in [-0.05, 0) is 24.1 Å². The van der Waals surface area contributed by atoms with Gasteiger partial charge in [0.1, 0.15) is 5.75 Å². The van der Waals surface area contributed by atoms with E-state index in [9.17, 15) is 4.79 Å². The molecule has 1 N–H and O–H groups in total. The molecule has 0 aliphatic heterocycles. The van der Waals surface area contributed by atoms with Gasteiger partial charge in [0.05, 0.1) is 12.1 Å². The number of aromatic nitrogens is 2. The Hall–Kier alpha value is -1.31. The smallest absolute Gasteiger partial charge is 0.257 e. The minimum Gasteiger partial charge on any atom is -0.495 e. The molecule has 8 heteroatoms. The van der Waals surface area contributed by atoms with E-state index in [1.165, 1.54) is 18.4 Å². The predicted octanol–water partition coefficient (Wildman–Crippen LogP) is 4.20. The number of halogens is 1. The number of amides is 1. The number of rotatable bonds is 6. The Morgan fingerprint density at radius 3 is 2.86 bits per heavy atom. The van der Waals surface area contributed by atoms with Crippen LogP contribution in [0.25, 0.3) is 0 Å². The van der Waals surface area contributed by atoms with Crippen LogP contribution in [0.1, 0.15) is 24.2 Å². The van der Waals surface area contributed by atoms with Gasteiger partial charge in [-0.3, -0.25) is 10.1 Å². The standard InChI is InChI=1S/C14H16ClN3O2S2/c1-8(2)7-21-14-18-17-13(22-14)16-12(19)9-4-5-11(20-3)10(15)6-9/h4-6,8H,7H2,1-3H3,(H,16,17,19). The molecular formula is C14H16ClN3O2S2. The Kier molecular flexibility index (Phi) is 6.05. The Morgan fingerprint density at radius 1 is 1.45 bits per heavy atom. The second-order valence-electron chi connectivity index (χ2n) is 4.88. The number of carbonyl (C=O) groups is 1. The molecule has 1 amide bonds. The fraction of sp³-hybridized carbons (Fsp3) is 0.357. The molecule has 0 aliphatic carbocycles. The van der Waals surface area contributed by atoms with Gasteiger partial charge < -0.3 is 4.74 Å². The van der Waals surface area contributed by atoms with Crippen molar-refractivity contribution in [1.29, 1.82) is 0 Å². The van der Waals surface area contributed by atoms with Gasteiger partial charge in [-0.25, -0.2) is 0 Å². The zero-order valence-corrected chi connectivity index (χ0v) is 14.8. The number of thioether (sulfide) groups is 1. The Labute approximate surface area is 142 Å². The van der Waals surface area contributed by atoms with Crippen molar-refractivity contribution in [3.63, 3.8) is 0 Å². The molecule has 0 aliphatic rings. The zero-order valence-electron chi connectivity index (χ0n) is 12.4. The van der Waals surface area contributed by atoms with Crippen molar-refractivity contribution >= 4 is 45.7 Å². The lowest BCUT2D eigenvalue weighted by atomic mass is 10.2. The van der Waals surface area contributed by atoms with E-state index < -0.39 is 0 Å². The van der Waals surface area contributed by atoms with Crippen molar-refractivity contribution < 1.29 is 9.53 Å². The first-order valence-electron chi connectivity index (χ1n) is 6.60. The third-order valence-corrected chi connectivity index (χ3v) is 5.28. The van der Waals surface area contributed by atoms with E-state index in [1.807, 2.05) is 0 Å². The first kappa shape index (κ1) is 17.1. The average molecular weight is 358 g/mol. The van der Waals surface area contributed by atoms with E-state index in [4.69, 9.17) is 16.3 Å². The lowest BCUT2D eigenvalue weighted by molar-refractivity contribution is 0.102. The van der Waals surface area contributed by atoms with E-state index in [1.54, 1.807) is 30.0 Å². The van der Waals surface area contributed by atoms with Crippen LogP contribution in [0.4, 0.5) is 5.13 Å². The summed E-state index contributed by atoms with van der Waals surface area (Å²) >= 11 is 9.01. The first-order valence-corrected chi connectivity index (χ1v) is 8.78. The van der Waals surface area contributed by atoms with E-state index >= 15 is 0 Å². The number of nitrogens with one attached hydrogen (secondary N) is 1. The van der Waals surface area contributed by atoms with E-state index in [-0.39, 0.29) is 5.91 Å². The number of anilines is 1. The molecule has 0 bridgehead atoms. The Morgan fingerprint density at radius 2 is 2.23 bits per heavy atom. The van der Waals surface area contributed by atoms with Crippen molar-refractivity contribution in [1.82, 2.24) is 10.2 Å². The average Bonchev–Trinajstić information content (AvgIpc) is 2.92. The van der Waals surface area contributed by atoms with Crippen LogP contribution in [-0.4, -0.2) is 29.0 Å². The molecule has 0 radical (unpaired) electrons. The van der Waals surface area contributed by atoms with Gasteiger partial charge >= 0.3 is 0 Å². The molecule has 2 aromatic rings. The van der Waals surface area contributed by atoms with Crippen LogP contribution in [0, 0.1) is 5.92 Å². The van der Waals surface area contributed by atoms with Crippen molar-refractivity contribution in [2.45, 2.75) is 18.2 Å². The number of benzene rings is 1. The van der Waals surface area contributed by atoms with Crippen LogP contribution >= 0.6 is 34.7 Å². The fourth-order valence-corrected chi connectivity index (χ4v) is 3.51. The largest absolute Gasteiger partial charge is 0.495 e. The Balaban J connectivity index is 2.01. The number of ether oxygens (including phenoxy) is 1. The maximum atomic E-state index is 12.2. The maximum Gasteiger partial charge on any atom is 0.257 e. The summed E-state index contributed by atoms with van der Waals surface area (Å²) in [5.74, 6) is 1.80. The second kappa shape index (κ2) is 7.80. The molecule has 118 valence electrons. The SMILES string of the molecule is COc1ccc(C(=O)Nc2nnc(SCC(C)C)s2)cc1Cl. The van der Waals surface area contributed by atoms with Crippen molar-refractivity contribution in [2.75, 3.05) is 18.2 Å². The van der Waals surface area contributed by atoms with Crippen LogP contribution in [0.3, 0.4) is 0 Å². The molecule has 0 saturated heterocycles. The highest BCUT2D eigenvalue weighted by atomic mass is 35.5. The summed E-state index contributed by atoms with van der Waals surface area (Å²) < 4.78 is 5.90. The molecule has 1 heterocycles. The van der Waals surface area contributed by atoms with Gasteiger partial charge in [-0.2, -0.15) is 0 Å². The van der Waals surface area contributed by atoms with Crippen LogP contribution in [0.2, 0.25) is 5.02 Å². The fourth-order valence-electron chi connectivity index (χ4n) is 1.53. The third-order valence-electron chi connectivity index (χ3n) is 2.58. The summed E-state index contributed by atoms with van der Waals surface area (Å²) in [6, 6.07) is 4.86. The van der Waals surface area contributed by atoms with Gasteiger partial charge in [0.2, 0.25) is 5.13 Å². The Bertz CT molecular complexity index is 661. The van der Waals surface area contributed by atoms with Crippen LogP contribution < -0.4 is 10.1 Å². The highest BCUT2D eigenvalue weighted by molar-refractivity contribution is 8.01. The van der Waals surface area contributed by atoms with Gasteiger partial charge in [0, 0.05) is 11.3 Å². The summed E-state index contributed by atoms with van der Waals surface area (Å²) in [5.41, 5.74) is 0.442. The molecule has 1 aromatic carbocycles. The van der Waals surface area contributed by atoms with E-state index in [0.29, 0.717) is 27.4 Å². The molecule has 0 spiro atoms. The van der Waals surface area contributed by atoms with Gasteiger partial charge in [0.25, 0.3) is 5.91 Å². The van der Waals surface area contributed by atoms with Crippen molar-refractivity contribution in [3.8, 4) is 5.75 Å². The van der Waals surface area contributed by atoms with Gasteiger partial charge in [-0.1, -0.05) is 48.5 Å². The quantitative estimate of drug-likeness (QED) is 0.620. The van der Waals surface area contributed by atoms with E-state index in [2.05, 4.69) is 29.4 Å². The molecule has 22 heavy (non-hydrogen) atoms. The summed E-state index contributed by atoms with van der Waals surface area (Å²) in [6.45, 7) is 4.29. The lowest BCUT2D eigenvalue weighted by Gasteiger charge is -2.05. The van der Waals surface area contributed by atoms with Crippen LogP contribution in [-0.2, 0) is 0 Å². The minimum absolute atomic E-state index is 0.277. The molecule has 0 unspecified atom stereocenters. The number of hydrogen-bond acceptors (Lipinski definition) is 6. The summed E-state index contributed by atoms with van der Waals surface area (Å²) in [6.07, 6.45) is 0. The second-order valence-corrected chi connectivity index (χ2v) is 7.53. The topological polar surface area (TPSA) is 64.1 Å². The molecule has 5 nitrogen and oxygen atoms in total. The summed E-state index contributed by atoms with van der Waals surface area (Å²) in [5, 5.41) is 11.6. The van der Waals surface area contributed by atoms with Crippen LogP contribution in [0.5, 0.6) is 5.75 Å². The molecule has 1 aromatic heterocycles. The minimum atomic E-state index is -0.277. The molecule has 2 rings (SSSR count). The van der Waals surface area contributed by atoms with Gasteiger partial charge in [-0.15, -0.1) is 10.2 Å². The maximum absolute atomic E-state index is 12.2. The molecular weight excluding hydrogens is 342 g/mol.